The van der Waals surface area contributed by atoms with Gasteiger partial charge in [-0.3, -0.25) is 9.69 Å². The summed E-state index contributed by atoms with van der Waals surface area (Å²) >= 11 is 0. The molecule has 1 N–H and O–H groups in total. The number of carbonyl (C=O) groups excluding carboxylic acids is 1. The first-order valence-corrected chi connectivity index (χ1v) is 6.76. The van der Waals surface area contributed by atoms with Gasteiger partial charge in [-0.25, -0.2) is 0 Å². The lowest BCUT2D eigenvalue weighted by molar-refractivity contribution is -0.124. The van der Waals surface area contributed by atoms with E-state index in [1.807, 2.05) is 6.92 Å². The maximum Gasteiger partial charge on any atom is 0.241 e. The number of nitrogens with zero attached hydrogens (tertiary/aromatic N) is 2. The Morgan fingerprint density at radius 3 is 3.10 bits per heavy atom. The zero-order valence-electron chi connectivity index (χ0n) is 11.8. The molecule has 1 heterocycles. The maximum absolute atomic E-state index is 12.3. The van der Waals surface area contributed by atoms with Gasteiger partial charge in [-0.1, -0.05) is 6.07 Å². The lowest BCUT2D eigenvalue weighted by Crippen LogP contribution is -2.52. The highest BCUT2D eigenvalue weighted by Crippen LogP contribution is 2.14. The molecule has 1 aromatic carbocycles. The highest BCUT2D eigenvalue weighted by atomic mass is 16.5. The Bertz CT molecular complexity index is 524. The minimum atomic E-state index is -0.223. The Balaban J connectivity index is 2.01. The third-order valence-corrected chi connectivity index (χ3v) is 3.56. The van der Waals surface area contributed by atoms with Crippen LogP contribution in [0.3, 0.4) is 0 Å². The fraction of sp³-hybridized carbons (Fsp3) is 0.467. The molecule has 1 aliphatic rings. The molecule has 1 aliphatic heterocycles. The summed E-state index contributed by atoms with van der Waals surface area (Å²) in [5.74, 6) is -0.0613. The van der Waals surface area contributed by atoms with Gasteiger partial charge in [0, 0.05) is 18.3 Å². The predicted octanol–water partition coefficient (Wildman–Crippen LogP) is 1.61. The van der Waals surface area contributed by atoms with Gasteiger partial charge >= 0.3 is 0 Å². The van der Waals surface area contributed by atoms with E-state index in [0.29, 0.717) is 24.5 Å². The van der Waals surface area contributed by atoms with Crippen LogP contribution in [0.25, 0.3) is 0 Å². The van der Waals surface area contributed by atoms with Gasteiger partial charge < -0.3 is 10.1 Å². The molecular weight excluding hydrogens is 254 g/mol. The molecule has 0 saturated carbocycles. The van der Waals surface area contributed by atoms with Crippen LogP contribution in [0.4, 0.5) is 5.69 Å². The first-order chi connectivity index (χ1) is 9.61. The van der Waals surface area contributed by atoms with Crippen molar-refractivity contribution in [1.29, 1.82) is 5.26 Å². The lowest BCUT2D eigenvalue weighted by atomic mass is 10.1. The summed E-state index contributed by atoms with van der Waals surface area (Å²) in [6, 6.07) is 9.00. The largest absolute Gasteiger partial charge is 0.379 e. The van der Waals surface area contributed by atoms with Crippen molar-refractivity contribution in [2.24, 2.45) is 0 Å². The fourth-order valence-corrected chi connectivity index (χ4v) is 2.38. The Labute approximate surface area is 119 Å². The number of rotatable bonds is 3. The molecule has 1 amide bonds. The van der Waals surface area contributed by atoms with Crippen molar-refractivity contribution in [2.45, 2.75) is 25.9 Å². The Morgan fingerprint density at radius 1 is 1.60 bits per heavy atom. The molecule has 20 heavy (non-hydrogen) atoms. The lowest BCUT2D eigenvalue weighted by Gasteiger charge is -2.36. The highest BCUT2D eigenvalue weighted by Gasteiger charge is 2.28. The van der Waals surface area contributed by atoms with Gasteiger partial charge in [-0.15, -0.1) is 0 Å². The van der Waals surface area contributed by atoms with Gasteiger partial charge in [-0.05, 0) is 32.0 Å². The molecule has 2 rings (SSSR count). The number of nitrogens with one attached hydrogen (secondary N) is 1. The average molecular weight is 273 g/mol. The highest BCUT2D eigenvalue weighted by molar-refractivity contribution is 5.94. The van der Waals surface area contributed by atoms with Crippen LogP contribution in [-0.4, -0.2) is 42.6 Å². The van der Waals surface area contributed by atoms with Crippen LogP contribution in [-0.2, 0) is 9.53 Å². The number of hydrogen-bond donors (Lipinski definition) is 1. The summed E-state index contributed by atoms with van der Waals surface area (Å²) in [6.45, 7) is 6.02. The average Bonchev–Trinajstić information content (AvgIpc) is 2.47. The van der Waals surface area contributed by atoms with Gasteiger partial charge in [-0.2, -0.15) is 5.26 Å². The van der Waals surface area contributed by atoms with Crippen molar-refractivity contribution >= 4 is 11.6 Å². The van der Waals surface area contributed by atoms with E-state index in [9.17, 15) is 4.79 Å². The van der Waals surface area contributed by atoms with Crippen molar-refractivity contribution in [2.75, 3.05) is 25.1 Å². The quantitative estimate of drug-likeness (QED) is 0.908. The smallest absolute Gasteiger partial charge is 0.241 e. The van der Waals surface area contributed by atoms with E-state index in [4.69, 9.17) is 10.00 Å². The second kappa shape index (κ2) is 6.51. The van der Waals surface area contributed by atoms with Crippen LogP contribution in [0.1, 0.15) is 19.4 Å². The minimum absolute atomic E-state index is 0.0613. The molecule has 106 valence electrons. The molecule has 0 bridgehead atoms. The number of hydrogen-bond acceptors (Lipinski definition) is 4. The summed E-state index contributed by atoms with van der Waals surface area (Å²) in [5.41, 5.74) is 1.19. The molecule has 2 atom stereocenters. The Hall–Kier alpha value is -1.90. The van der Waals surface area contributed by atoms with Crippen molar-refractivity contribution < 1.29 is 9.53 Å². The van der Waals surface area contributed by atoms with Gasteiger partial charge in [0.2, 0.25) is 5.91 Å². The normalized spacial score (nSPS) is 20.9. The topological polar surface area (TPSA) is 65.4 Å². The van der Waals surface area contributed by atoms with Crippen LogP contribution in [0.5, 0.6) is 0 Å². The van der Waals surface area contributed by atoms with Crippen LogP contribution in [0.15, 0.2) is 24.3 Å². The van der Waals surface area contributed by atoms with E-state index >= 15 is 0 Å². The summed E-state index contributed by atoms with van der Waals surface area (Å²) in [6.07, 6.45) is 0. The number of ether oxygens (including phenoxy) is 1. The van der Waals surface area contributed by atoms with Crippen LogP contribution < -0.4 is 5.32 Å². The van der Waals surface area contributed by atoms with E-state index in [1.165, 1.54) is 0 Å². The SMILES string of the molecule is CC1COCCN1C(C)C(=O)Nc1cccc(C#N)c1. The molecular formula is C15H19N3O2. The molecule has 1 fully saturated rings. The molecule has 1 aromatic rings. The molecule has 1 saturated heterocycles. The number of anilines is 1. The molecule has 2 unspecified atom stereocenters. The molecule has 0 aliphatic carbocycles. The van der Waals surface area contributed by atoms with Crippen LogP contribution in [0, 0.1) is 11.3 Å². The first-order valence-electron chi connectivity index (χ1n) is 6.76. The zero-order valence-corrected chi connectivity index (χ0v) is 11.8. The molecule has 5 heteroatoms. The maximum atomic E-state index is 12.3. The van der Waals surface area contributed by atoms with Crippen molar-refractivity contribution in [3.63, 3.8) is 0 Å². The van der Waals surface area contributed by atoms with E-state index in [1.54, 1.807) is 24.3 Å². The number of carbonyl (C=O) groups is 1. The van der Waals surface area contributed by atoms with Gasteiger partial charge in [0.1, 0.15) is 0 Å². The van der Waals surface area contributed by atoms with Crippen molar-refractivity contribution in [1.82, 2.24) is 4.90 Å². The van der Waals surface area contributed by atoms with E-state index in [2.05, 4.69) is 23.2 Å². The Morgan fingerprint density at radius 2 is 2.40 bits per heavy atom. The standard InChI is InChI=1S/C15H19N3O2/c1-11-10-20-7-6-18(11)12(2)15(19)17-14-5-3-4-13(8-14)9-16/h3-5,8,11-12H,6-7,10H2,1-2H3,(H,17,19). The van der Waals surface area contributed by atoms with Crippen molar-refractivity contribution in [3.05, 3.63) is 29.8 Å². The summed E-state index contributed by atoms with van der Waals surface area (Å²) in [5, 5.41) is 11.7. The third kappa shape index (κ3) is 3.35. The van der Waals surface area contributed by atoms with Crippen molar-refractivity contribution in [3.8, 4) is 6.07 Å². The number of benzene rings is 1. The van der Waals surface area contributed by atoms with E-state index in [0.717, 1.165) is 6.54 Å². The zero-order chi connectivity index (χ0) is 14.5. The van der Waals surface area contributed by atoms with Crippen LogP contribution in [0.2, 0.25) is 0 Å². The summed E-state index contributed by atoms with van der Waals surface area (Å²) in [4.78, 5) is 14.4. The van der Waals surface area contributed by atoms with Gasteiger partial charge in [0.25, 0.3) is 0 Å². The molecule has 0 spiro atoms. The first kappa shape index (κ1) is 14.5. The number of nitriles is 1. The summed E-state index contributed by atoms with van der Waals surface area (Å²) in [7, 11) is 0. The van der Waals surface area contributed by atoms with Crippen LogP contribution >= 0.6 is 0 Å². The fourth-order valence-electron chi connectivity index (χ4n) is 2.38. The second-order valence-electron chi connectivity index (χ2n) is 5.02. The molecule has 0 aromatic heterocycles. The predicted molar refractivity (Wildman–Crippen MR) is 76.2 cm³/mol. The van der Waals surface area contributed by atoms with E-state index < -0.39 is 0 Å². The molecule has 5 nitrogen and oxygen atoms in total. The Kier molecular flexibility index (Phi) is 4.72. The number of amides is 1. The summed E-state index contributed by atoms with van der Waals surface area (Å²) < 4.78 is 5.38. The third-order valence-electron chi connectivity index (χ3n) is 3.56. The minimum Gasteiger partial charge on any atom is -0.379 e. The second-order valence-corrected chi connectivity index (χ2v) is 5.02. The van der Waals surface area contributed by atoms with Gasteiger partial charge in [0.05, 0.1) is 30.9 Å². The monoisotopic (exact) mass is 273 g/mol. The van der Waals surface area contributed by atoms with E-state index in [-0.39, 0.29) is 18.0 Å². The van der Waals surface area contributed by atoms with Gasteiger partial charge in [0.15, 0.2) is 0 Å². The number of morpholine rings is 1. The molecule has 0 radical (unpaired) electrons.